The van der Waals surface area contributed by atoms with Crippen molar-refractivity contribution in [2.45, 2.75) is 187 Å². The second-order valence-corrected chi connectivity index (χ2v) is 16.5. The molecule has 0 rings (SSSR count). The van der Waals surface area contributed by atoms with Crippen LogP contribution in [0.25, 0.3) is 0 Å². The van der Waals surface area contributed by atoms with Crippen LogP contribution in [0.1, 0.15) is 181 Å². The normalized spacial score (nSPS) is 14.0. The Hall–Kier alpha value is -0.760. The molecule has 0 aromatic rings. The fraction of sp³-hybridized carbons (Fsp3) is 0.925. The summed E-state index contributed by atoms with van der Waals surface area (Å²) < 4.78 is 34.9. The van der Waals surface area contributed by atoms with Crippen molar-refractivity contribution in [1.82, 2.24) is 0 Å². The van der Waals surface area contributed by atoms with E-state index in [1.807, 2.05) is 21.1 Å². The number of quaternary nitrogens is 1. The molecule has 0 spiro atoms. The first-order chi connectivity index (χ1) is 23.6. The van der Waals surface area contributed by atoms with Gasteiger partial charge in [-0.1, -0.05) is 154 Å². The van der Waals surface area contributed by atoms with Crippen LogP contribution in [-0.4, -0.2) is 75.6 Å². The Morgan fingerprint density at radius 2 is 1.10 bits per heavy atom. The Morgan fingerprint density at radius 1 is 0.612 bits per heavy atom. The molecule has 9 heteroatoms. The minimum Gasteiger partial charge on any atom is -0.457 e. The molecule has 1 N–H and O–H groups in total. The number of likely N-dealkylation sites (N-methyl/N-ethyl adjacent to an activating group) is 1. The molecular weight excluding hydrogens is 637 g/mol. The molecule has 2 atom stereocenters. The lowest BCUT2D eigenvalue weighted by molar-refractivity contribution is -0.870. The molecule has 0 saturated carbocycles. The van der Waals surface area contributed by atoms with Gasteiger partial charge in [0.2, 0.25) is 0 Å². The van der Waals surface area contributed by atoms with Crippen molar-refractivity contribution in [3.8, 4) is 0 Å². The van der Waals surface area contributed by atoms with Gasteiger partial charge in [0.25, 0.3) is 0 Å². The largest absolute Gasteiger partial charge is 0.472 e. The van der Waals surface area contributed by atoms with Crippen LogP contribution in [0, 0.1) is 0 Å². The lowest BCUT2D eigenvalue weighted by Crippen LogP contribution is -2.37. The van der Waals surface area contributed by atoms with Gasteiger partial charge < -0.3 is 18.9 Å². The number of hydrogen-bond donors (Lipinski definition) is 1. The summed E-state index contributed by atoms with van der Waals surface area (Å²) in [5, 5.41) is 0. The van der Waals surface area contributed by atoms with E-state index in [1.165, 1.54) is 128 Å². The molecule has 8 nitrogen and oxygen atoms in total. The van der Waals surface area contributed by atoms with E-state index in [9.17, 15) is 14.3 Å². The maximum Gasteiger partial charge on any atom is 0.472 e. The number of ether oxygens (including phenoxy) is 2. The van der Waals surface area contributed by atoms with Crippen LogP contribution in [0.5, 0.6) is 0 Å². The second kappa shape index (κ2) is 34.3. The molecule has 0 fully saturated rings. The van der Waals surface area contributed by atoms with Crippen LogP contribution in [-0.2, 0) is 27.9 Å². The first-order valence-electron chi connectivity index (χ1n) is 20.4. The van der Waals surface area contributed by atoms with Crippen molar-refractivity contribution in [2.75, 3.05) is 54.1 Å². The average molecular weight is 719 g/mol. The van der Waals surface area contributed by atoms with E-state index in [1.54, 1.807) is 0 Å². The van der Waals surface area contributed by atoms with Crippen LogP contribution in [0.15, 0.2) is 12.2 Å². The molecule has 0 aromatic heterocycles. The van der Waals surface area contributed by atoms with Crippen molar-refractivity contribution < 1.29 is 37.3 Å². The maximum atomic E-state index is 12.6. The monoisotopic (exact) mass is 719 g/mol. The number of phosphoric ester groups is 1. The number of unbranched alkanes of at least 4 members (excludes halogenated alkanes) is 22. The van der Waals surface area contributed by atoms with Gasteiger partial charge in [0.05, 0.1) is 34.4 Å². The fourth-order valence-electron chi connectivity index (χ4n) is 5.61. The number of rotatable bonds is 38. The highest BCUT2D eigenvalue weighted by Crippen LogP contribution is 2.43. The average Bonchev–Trinajstić information content (AvgIpc) is 3.04. The second-order valence-electron chi connectivity index (χ2n) is 15.0. The van der Waals surface area contributed by atoms with Crippen LogP contribution < -0.4 is 0 Å². The molecule has 292 valence electrons. The Kier molecular flexibility index (Phi) is 33.8. The molecule has 49 heavy (non-hydrogen) atoms. The van der Waals surface area contributed by atoms with Gasteiger partial charge in [-0.25, -0.2) is 4.57 Å². The van der Waals surface area contributed by atoms with E-state index >= 15 is 0 Å². The van der Waals surface area contributed by atoms with Crippen molar-refractivity contribution in [2.24, 2.45) is 0 Å². The van der Waals surface area contributed by atoms with Crippen LogP contribution in [0.4, 0.5) is 0 Å². The number of esters is 1. The third kappa shape index (κ3) is 38.3. The number of hydrogen-bond acceptors (Lipinski definition) is 6. The number of phosphoric acid groups is 1. The maximum absolute atomic E-state index is 12.6. The molecule has 2 unspecified atom stereocenters. The molecule has 0 aromatic carbocycles. The van der Waals surface area contributed by atoms with E-state index in [4.69, 9.17) is 18.5 Å². The van der Waals surface area contributed by atoms with Crippen molar-refractivity contribution in [3.05, 3.63) is 12.2 Å². The standard InChI is InChI=1S/C40H80NO7P/c1-6-8-10-12-14-16-18-19-20-21-22-23-25-27-29-31-33-40(42)48-39(38-47-49(43,44)46-36-34-41(3,4)5)37-45-35-32-30-28-26-24-17-15-13-11-9-7-2/h11,13,39H,6-10,12,14-38H2,1-5H3/p+1/b13-11-. The Labute approximate surface area is 303 Å². The van der Waals surface area contributed by atoms with Gasteiger partial charge in [-0.2, -0.15) is 0 Å². The van der Waals surface area contributed by atoms with Gasteiger partial charge >= 0.3 is 13.8 Å². The predicted octanol–water partition coefficient (Wildman–Crippen LogP) is 11.5. The molecular formula is C40H81NO7P+. The third-order valence-electron chi connectivity index (χ3n) is 8.81. The van der Waals surface area contributed by atoms with Crippen molar-refractivity contribution in [1.29, 1.82) is 0 Å². The van der Waals surface area contributed by atoms with Gasteiger partial charge in [-0.15, -0.1) is 0 Å². The van der Waals surface area contributed by atoms with E-state index in [2.05, 4.69) is 26.0 Å². The predicted molar refractivity (Wildman–Crippen MR) is 206 cm³/mol. The molecule has 0 saturated heterocycles. The topological polar surface area (TPSA) is 91.3 Å². The van der Waals surface area contributed by atoms with E-state index in [0.29, 0.717) is 24.1 Å². The highest BCUT2D eigenvalue weighted by atomic mass is 31.2. The quantitative estimate of drug-likeness (QED) is 0.0223. The first kappa shape index (κ1) is 48.2. The van der Waals surface area contributed by atoms with Gasteiger partial charge in [-0.3, -0.25) is 13.8 Å². The molecule has 0 radical (unpaired) electrons. The van der Waals surface area contributed by atoms with Gasteiger partial charge in [0.1, 0.15) is 19.3 Å². The van der Waals surface area contributed by atoms with Crippen LogP contribution in [0.2, 0.25) is 0 Å². The van der Waals surface area contributed by atoms with Crippen LogP contribution in [0.3, 0.4) is 0 Å². The molecule has 0 aliphatic rings. The highest BCUT2D eigenvalue weighted by Gasteiger charge is 2.26. The van der Waals surface area contributed by atoms with Gasteiger partial charge in [0, 0.05) is 13.0 Å². The summed E-state index contributed by atoms with van der Waals surface area (Å²) in [6.45, 7) is 5.58. The van der Waals surface area contributed by atoms with Crippen molar-refractivity contribution in [3.63, 3.8) is 0 Å². The summed E-state index contributed by atoms with van der Waals surface area (Å²) in [6, 6.07) is 0. The summed E-state index contributed by atoms with van der Waals surface area (Å²) in [7, 11) is 1.67. The number of carbonyl (C=O) groups excluding carboxylic acids is 1. The zero-order chi connectivity index (χ0) is 36.3. The Bertz CT molecular complexity index is 802. The lowest BCUT2D eigenvalue weighted by Gasteiger charge is -2.24. The molecule has 0 heterocycles. The smallest absolute Gasteiger partial charge is 0.457 e. The minimum absolute atomic E-state index is 0.0903. The number of carbonyl (C=O) groups is 1. The molecule has 0 amide bonds. The first-order valence-corrected chi connectivity index (χ1v) is 21.9. The summed E-state index contributed by atoms with van der Waals surface area (Å²) >= 11 is 0. The SMILES string of the molecule is CCC/C=C\CCCCCCCCOCC(COP(=O)(O)OCC[N+](C)(C)C)OC(=O)CCCCCCCCCCCCCCCCCC. The van der Waals surface area contributed by atoms with E-state index < -0.39 is 13.9 Å². The minimum atomic E-state index is -4.26. The van der Waals surface area contributed by atoms with E-state index in [0.717, 1.165) is 32.1 Å². The Balaban J connectivity index is 4.22. The molecule has 0 aliphatic carbocycles. The summed E-state index contributed by atoms with van der Waals surface area (Å²) in [5.41, 5.74) is 0. The van der Waals surface area contributed by atoms with Gasteiger partial charge in [-0.05, 0) is 32.1 Å². The summed E-state index contributed by atoms with van der Waals surface area (Å²) in [4.78, 5) is 22.8. The summed E-state index contributed by atoms with van der Waals surface area (Å²) in [6.07, 6.45) is 35.2. The molecule has 0 bridgehead atoms. The van der Waals surface area contributed by atoms with Gasteiger partial charge in [0.15, 0.2) is 0 Å². The van der Waals surface area contributed by atoms with E-state index in [-0.39, 0.29) is 25.8 Å². The Morgan fingerprint density at radius 3 is 1.63 bits per heavy atom. The lowest BCUT2D eigenvalue weighted by atomic mass is 10.0. The zero-order valence-corrected chi connectivity index (χ0v) is 33.8. The fourth-order valence-corrected chi connectivity index (χ4v) is 6.36. The third-order valence-corrected chi connectivity index (χ3v) is 9.79. The highest BCUT2D eigenvalue weighted by molar-refractivity contribution is 7.47. The number of nitrogens with zero attached hydrogens (tertiary/aromatic N) is 1. The summed E-state index contributed by atoms with van der Waals surface area (Å²) in [5.74, 6) is -0.314. The zero-order valence-electron chi connectivity index (χ0n) is 32.9. The molecule has 0 aliphatic heterocycles. The number of allylic oxidation sites excluding steroid dienone is 2. The van der Waals surface area contributed by atoms with Crippen LogP contribution >= 0.6 is 7.82 Å². The van der Waals surface area contributed by atoms with Crippen molar-refractivity contribution >= 4 is 13.8 Å².